The molecule has 0 bridgehead atoms. The molecule has 4 rings (SSSR count). The van der Waals surface area contributed by atoms with Crippen LogP contribution in [-0.4, -0.2) is 42.4 Å². The number of Topliss-reactive ketones (excluding diaryl/α,β-unsaturated/α-hetero) is 2. The number of rotatable bonds is 3. The Bertz CT molecular complexity index is 788. The van der Waals surface area contributed by atoms with Crippen LogP contribution in [-0.2, 0) is 17.6 Å². The van der Waals surface area contributed by atoms with E-state index < -0.39 is 8.32 Å². The van der Waals surface area contributed by atoms with E-state index >= 15 is 0 Å². The third-order valence-electron chi connectivity index (χ3n) is 6.80. The largest absolute Gasteiger partial charge is 0.412 e. The Balaban J connectivity index is 1.77. The normalized spacial score (nSPS) is 28.0. The van der Waals surface area contributed by atoms with Crippen LogP contribution in [0.3, 0.4) is 0 Å². The quantitative estimate of drug-likeness (QED) is 0.611. The molecule has 136 valence electrons. The molecule has 3 aliphatic rings. The zero-order chi connectivity index (χ0) is 18.3. The summed E-state index contributed by atoms with van der Waals surface area (Å²) >= 11 is 0. The molecule has 6 heteroatoms. The van der Waals surface area contributed by atoms with Crippen molar-refractivity contribution in [2.75, 3.05) is 7.05 Å². The smallest absolute Gasteiger partial charge is 0.192 e. The minimum atomic E-state index is -1.92. The Morgan fingerprint density at radius 3 is 2.44 bits per heavy atom. The van der Waals surface area contributed by atoms with Crippen molar-refractivity contribution in [2.24, 2.45) is 0 Å². The molecule has 1 fully saturated rings. The highest BCUT2D eigenvalue weighted by atomic mass is 28.4. The molecule has 3 heterocycles. The summed E-state index contributed by atoms with van der Waals surface area (Å²) in [5.41, 5.74) is 3.50. The standard InChI is InChI=1S/C19H28N2O3Si/c1-19(2,3)25(5,6)24-10-11-15-13(22)7-8-14(23)18(15)21-9-12-17(16(11)21)20(12)4/h12,17H,7-10H2,1-6H3/t12-,17-,20?/m0/s1. The Hall–Kier alpha value is -1.24. The van der Waals surface area contributed by atoms with Gasteiger partial charge in [0.05, 0.1) is 23.9 Å². The number of fused-ring (bicyclic) bond motifs is 5. The summed E-state index contributed by atoms with van der Waals surface area (Å²) in [6.07, 6.45) is 0.690. The Kier molecular flexibility index (Phi) is 3.54. The summed E-state index contributed by atoms with van der Waals surface area (Å²) in [7, 11) is 0.196. The molecule has 3 atom stereocenters. The summed E-state index contributed by atoms with van der Waals surface area (Å²) < 4.78 is 8.59. The van der Waals surface area contributed by atoms with Crippen LogP contribution in [0.4, 0.5) is 0 Å². The van der Waals surface area contributed by atoms with Gasteiger partial charge in [0.2, 0.25) is 0 Å². The summed E-state index contributed by atoms with van der Waals surface area (Å²) in [6, 6.07) is 0.834. The molecule has 2 aliphatic heterocycles. The lowest BCUT2D eigenvalue weighted by molar-refractivity contribution is 0.0882. The minimum absolute atomic E-state index is 0.116. The van der Waals surface area contributed by atoms with E-state index in [1.54, 1.807) is 0 Å². The number of aromatic nitrogens is 1. The van der Waals surface area contributed by atoms with E-state index in [9.17, 15) is 9.59 Å². The van der Waals surface area contributed by atoms with Crippen LogP contribution in [0.25, 0.3) is 0 Å². The number of hydrogen-bond acceptors (Lipinski definition) is 4. The van der Waals surface area contributed by atoms with E-state index in [0.29, 0.717) is 42.8 Å². The third-order valence-corrected chi connectivity index (χ3v) is 11.3. The number of ketones is 2. The summed E-state index contributed by atoms with van der Waals surface area (Å²) in [5, 5.41) is 0.120. The van der Waals surface area contributed by atoms with Crippen LogP contribution in [0.15, 0.2) is 0 Å². The highest BCUT2D eigenvalue weighted by Crippen LogP contribution is 2.52. The second kappa shape index (κ2) is 5.15. The first-order valence-electron chi connectivity index (χ1n) is 9.22. The van der Waals surface area contributed by atoms with Gasteiger partial charge in [-0.05, 0) is 25.2 Å². The maximum Gasteiger partial charge on any atom is 0.192 e. The zero-order valence-electron chi connectivity index (χ0n) is 16.1. The molecular weight excluding hydrogens is 332 g/mol. The van der Waals surface area contributed by atoms with Crippen LogP contribution >= 0.6 is 0 Å². The molecule has 25 heavy (non-hydrogen) atoms. The predicted octanol–water partition coefficient (Wildman–Crippen LogP) is 3.54. The molecular formula is C19H28N2O3Si. The number of hydrogen-bond donors (Lipinski definition) is 0. The Morgan fingerprint density at radius 1 is 1.16 bits per heavy atom. The fraction of sp³-hybridized carbons (Fsp3) is 0.684. The highest BCUT2D eigenvalue weighted by Gasteiger charge is 2.56. The van der Waals surface area contributed by atoms with E-state index in [1.807, 2.05) is 0 Å². The Morgan fingerprint density at radius 2 is 1.80 bits per heavy atom. The van der Waals surface area contributed by atoms with E-state index in [0.717, 1.165) is 12.1 Å². The average Bonchev–Trinajstić information content (AvgIpc) is 2.86. The van der Waals surface area contributed by atoms with Crippen molar-refractivity contribution >= 4 is 19.9 Å². The fourth-order valence-corrected chi connectivity index (χ4v) is 5.03. The molecule has 1 aliphatic carbocycles. The topological polar surface area (TPSA) is 51.3 Å². The van der Waals surface area contributed by atoms with Crippen molar-refractivity contribution in [1.29, 1.82) is 0 Å². The molecule has 1 unspecified atom stereocenters. The monoisotopic (exact) mass is 360 g/mol. The van der Waals surface area contributed by atoms with E-state index in [1.165, 1.54) is 5.69 Å². The molecule has 0 radical (unpaired) electrons. The van der Waals surface area contributed by atoms with Crippen LogP contribution in [0, 0.1) is 0 Å². The van der Waals surface area contributed by atoms with Gasteiger partial charge in [-0.2, -0.15) is 0 Å². The molecule has 0 aromatic carbocycles. The van der Waals surface area contributed by atoms with Gasteiger partial charge < -0.3 is 8.99 Å². The minimum Gasteiger partial charge on any atom is -0.412 e. The first kappa shape index (κ1) is 17.2. The number of likely N-dealkylation sites (N-methyl/N-ethyl adjacent to an activating group) is 1. The van der Waals surface area contributed by atoms with Gasteiger partial charge in [0.25, 0.3) is 0 Å². The maximum atomic E-state index is 12.7. The SMILES string of the molecule is CN1[C@@H]2c3c(CO[Si](C)(C)C(C)(C)C)c4c(n3C[C@@H]21)C(=O)CCC4=O. The van der Waals surface area contributed by atoms with E-state index in [-0.39, 0.29) is 16.6 Å². The van der Waals surface area contributed by atoms with Crippen molar-refractivity contribution in [1.82, 2.24) is 9.47 Å². The first-order chi connectivity index (χ1) is 11.5. The average molecular weight is 361 g/mol. The lowest BCUT2D eigenvalue weighted by Crippen LogP contribution is -2.40. The second-order valence-electron chi connectivity index (χ2n) is 9.27. The maximum absolute atomic E-state index is 12.7. The van der Waals surface area contributed by atoms with Gasteiger partial charge in [-0.1, -0.05) is 20.8 Å². The van der Waals surface area contributed by atoms with Crippen LogP contribution in [0.1, 0.15) is 71.8 Å². The molecule has 0 N–H and O–H groups in total. The molecule has 0 saturated carbocycles. The highest BCUT2D eigenvalue weighted by molar-refractivity contribution is 6.74. The second-order valence-corrected chi connectivity index (χ2v) is 14.1. The lowest BCUT2D eigenvalue weighted by atomic mass is 9.92. The van der Waals surface area contributed by atoms with Gasteiger partial charge in [-0.25, -0.2) is 0 Å². The van der Waals surface area contributed by atoms with Crippen molar-refractivity contribution in [2.45, 2.75) is 77.0 Å². The summed E-state index contributed by atoms with van der Waals surface area (Å²) in [6.45, 7) is 12.4. The van der Waals surface area contributed by atoms with Gasteiger partial charge in [-0.3, -0.25) is 14.5 Å². The van der Waals surface area contributed by atoms with Crippen LogP contribution in [0.5, 0.6) is 0 Å². The van der Waals surface area contributed by atoms with E-state index in [2.05, 4.69) is 50.4 Å². The van der Waals surface area contributed by atoms with Gasteiger partial charge in [0, 0.05) is 36.7 Å². The van der Waals surface area contributed by atoms with Crippen LogP contribution < -0.4 is 0 Å². The summed E-state index contributed by atoms with van der Waals surface area (Å²) in [4.78, 5) is 27.5. The zero-order valence-corrected chi connectivity index (χ0v) is 17.1. The molecule has 0 spiro atoms. The third kappa shape index (κ3) is 2.34. The Labute approximate surface area is 150 Å². The number of nitrogens with zero attached hydrogens (tertiary/aromatic N) is 2. The molecule has 1 saturated heterocycles. The van der Waals surface area contributed by atoms with Crippen molar-refractivity contribution in [3.05, 3.63) is 22.5 Å². The fourth-order valence-electron chi connectivity index (χ4n) is 4.09. The number of carbonyl (C=O) groups excluding carboxylic acids is 2. The lowest BCUT2D eigenvalue weighted by Gasteiger charge is -2.36. The predicted molar refractivity (Wildman–Crippen MR) is 98.6 cm³/mol. The van der Waals surface area contributed by atoms with Gasteiger partial charge in [0.1, 0.15) is 0 Å². The van der Waals surface area contributed by atoms with Crippen LogP contribution in [0.2, 0.25) is 18.1 Å². The molecule has 1 aromatic rings. The molecule has 0 amide bonds. The first-order valence-corrected chi connectivity index (χ1v) is 12.1. The van der Waals surface area contributed by atoms with E-state index in [4.69, 9.17) is 4.43 Å². The van der Waals surface area contributed by atoms with Gasteiger partial charge >= 0.3 is 0 Å². The van der Waals surface area contributed by atoms with Crippen molar-refractivity contribution in [3.8, 4) is 0 Å². The van der Waals surface area contributed by atoms with Crippen molar-refractivity contribution < 1.29 is 14.0 Å². The van der Waals surface area contributed by atoms with Crippen molar-refractivity contribution in [3.63, 3.8) is 0 Å². The van der Waals surface area contributed by atoms with Gasteiger partial charge in [0.15, 0.2) is 19.9 Å². The molecule has 1 aromatic heterocycles. The van der Waals surface area contributed by atoms with Gasteiger partial charge in [-0.15, -0.1) is 0 Å². The number of carbonyl (C=O) groups is 2. The summed E-state index contributed by atoms with van der Waals surface area (Å²) in [5.74, 6) is 0.239. The molecule has 5 nitrogen and oxygen atoms in total.